The lowest BCUT2D eigenvalue weighted by Gasteiger charge is -2.30. The monoisotopic (exact) mass is 581 g/mol. The molecule has 6 heteroatoms. The summed E-state index contributed by atoms with van der Waals surface area (Å²) >= 11 is 7.06. The number of hydrogen-bond acceptors (Lipinski definition) is 4. The molecule has 1 heterocycles. The Hall–Kier alpha value is -2.67. The van der Waals surface area contributed by atoms with Crippen molar-refractivity contribution < 1.29 is 14.3 Å². The Labute approximate surface area is 217 Å². The highest BCUT2D eigenvalue weighted by molar-refractivity contribution is 9.10. The van der Waals surface area contributed by atoms with Crippen LogP contribution in [-0.4, -0.2) is 38.0 Å². The maximum absolute atomic E-state index is 13.6. The predicted molar refractivity (Wildman–Crippen MR) is 144 cm³/mol. The van der Waals surface area contributed by atoms with Crippen molar-refractivity contribution in [2.24, 2.45) is 0 Å². The molecule has 1 aliphatic heterocycles. The number of ketones is 1. The van der Waals surface area contributed by atoms with Crippen LogP contribution in [-0.2, 0) is 11.3 Å². The SMILES string of the molecule is COc1ccc(Br)cc1/C=C1\CN(Cc2ccccc2)C/C(=C\c2cc(Br)ccc2OC)C1=O. The average molecular weight is 583 g/mol. The highest BCUT2D eigenvalue weighted by Crippen LogP contribution is 2.31. The van der Waals surface area contributed by atoms with Gasteiger partial charge in [-0.25, -0.2) is 0 Å². The molecule has 0 saturated carbocycles. The Bertz CT molecular complexity index is 1180. The van der Waals surface area contributed by atoms with Crippen LogP contribution in [0.5, 0.6) is 11.5 Å². The number of benzene rings is 3. The Morgan fingerprint density at radius 1 is 0.794 bits per heavy atom. The van der Waals surface area contributed by atoms with E-state index in [2.05, 4.69) is 48.9 Å². The van der Waals surface area contributed by atoms with Crippen LogP contribution >= 0.6 is 31.9 Å². The molecule has 0 unspecified atom stereocenters. The molecule has 3 aromatic carbocycles. The molecule has 0 N–H and O–H groups in total. The van der Waals surface area contributed by atoms with Crippen molar-refractivity contribution in [3.63, 3.8) is 0 Å². The van der Waals surface area contributed by atoms with E-state index in [1.54, 1.807) is 14.2 Å². The molecule has 3 aromatic rings. The van der Waals surface area contributed by atoms with Gasteiger partial charge in [0.15, 0.2) is 5.78 Å². The molecule has 0 aromatic heterocycles. The van der Waals surface area contributed by atoms with Gasteiger partial charge in [0.05, 0.1) is 14.2 Å². The first-order valence-corrected chi connectivity index (χ1v) is 12.4. The van der Waals surface area contributed by atoms with Crippen molar-refractivity contribution in [2.45, 2.75) is 6.54 Å². The summed E-state index contributed by atoms with van der Waals surface area (Å²) in [6.45, 7) is 1.85. The normalized spacial score (nSPS) is 16.8. The van der Waals surface area contributed by atoms with Crippen LogP contribution in [0.2, 0.25) is 0 Å². The maximum atomic E-state index is 13.6. The fourth-order valence-corrected chi connectivity index (χ4v) is 4.83. The molecule has 0 bridgehead atoms. The van der Waals surface area contributed by atoms with E-state index >= 15 is 0 Å². The quantitative estimate of drug-likeness (QED) is 0.300. The van der Waals surface area contributed by atoms with Gasteiger partial charge in [0.1, 0.15) is 11.5 Å². The molecule has 1 saturated heterocycles. The van der Waals surface area contributed by atoms with Gasteiger partial charge in [0.25, 0.3) is 0 Å². The van der Waals surface area contributed by atoms with Crippen LogP contribution in [0.15, 0.2) is 86.8 Å². The number of Topliss-reactive ketones (excluding diaryl/α,β-unsaturated/α-hetero) is 1. The van der Waals surface area contributed by atoms with Crippen LogP contribution in [0.25, 0.3) is 12.2 Å². The lowest BCUT2D eigenvalue weighted by atomic mass is 9.93. The van der Waals surface area contributed by atoms with Gasteiger partial charge in [-0.15, -0.1) is 0 Å². The molecule has 0 atom stereocenters. The van der Waals surface area contributed by atoms with E-state index in [0.29, 0.717) is 13.1 Å². The number of hydrogen-bond donors (Lipinski definition) is 0. The molecular weight excluding hydrogens is 558 g/mol. The highest BCUT2D eigenvalue weighted by Gasteiger charge is 2.27. The van der Waals surface area contributed by atoms with Crippen molar-refractivity contribution in [1.29, 1.82) is 0 Å². The number of likely N-dealkylation sites (tertiary alicyclic amines) is 1. The number of rotatable bonds is 6. The third-order valence-electron chi connectivity index (χ3n) is 5.66. The standard InChI is InChI=1S/C28H25Br2NO3/c1-33-26-10-8-24(29)14-20(26)12-22-17-31(16-19-6-4-3-5-7-19)18-23(28(22)32)13-21-15-25(30)9-11-27(21)34-2/h3-15H,16-18H2,1-2H3/b22-12+,23-13+. The third kappa shape index (κ3) is 5.87. The van der Waals surface area contributed by atoms with E-state index in [1.165, 1.54) is 5.56 Å². The third-order valence-corrected chi connectivity index (χ3v) is 6.65. The molecule has 0 aliphatic carbocycles. The zero-order chi connectivity index (χ0) is 24.1. The molecule has 4 nitrogen and oxygen atoms in total. The van der Waals surface area contributed by atoms with Crippen molar-refractivity contribution >= 4 is 49.8 Å². The van der Waals surface area contributed by atoms with Gasteiger partial charge in [-0.1, -0.05) is 62.2 Å². The number of halogens is 2. The van der Waals surface area contributed by atoms with E-state index in [1.807, 2.05) is 66.7 Å². The smallest absolute Gasteiger partial charge is 0.187 e. The van der Waals surface area contributed by atoms with E-state index in [-0.39, 0.29) is 5.78 Å². The van der Waals surface area contributed by atoms with E-state index in [0.717, 1.165) is 49.3 Å². The second-order valence-corrected chi connectivity index (χ2v) is 9.90. The number of nitrogens with zero attached hydrogens (tertiary/aromatic N) is 1. The Morgan fingerprint density at radius 2 is 1.29 bits per heavy atom. The van der Waals surface area contributed by atoms with Crippen LogP contribution in [0.3, 0.4) is 0 Å². The summed E-state index contributed by atoms with van der Waals surface area (Å²) in [6.07, 6.45) is 3.88. The minimum absolute atomic E-state index is 0.0355. The first kappa shape index (κ1) is 24.5. The number of carbonyl (C=O) groups is 1. The topological polar surface area (TPSA) is 38.8 Å². The number of piperidine rings is 1. The first-order valence-electron chi connectivity index (χ1n) is 10.9. The van der Waals surface area contributed by atoms with Crippen LogP contribution in [0.1, 0.15) is 16.7 Å². The number of methoxy groups -OCH3 is 2. The fourth-order valence-electron chi connectivity index (χ4n) is 4.07. The molecular formula is C28H25Br2NO3. The van der Waals surface area contributed by atoms with E-state index < -0.39 is 0 Å². The van der Waals surface area contributed by atoms with E-state index in [4.69, 9.17) is 9.47 Å². The average Bonchev–Trinajstić information content (AvgIpc) is 2.83. The second-order valence-electron chi connectivity index (χ2n) is 8.07. The van der Waals surface area contributed by atoms with Gasteiger partial charge >= 0.3 is 0 Å². The summed E-state index contributed by atoms with van der Waals surface area (Å²) in [6, 6.07) is 21.9. The second kappa shape index (κ2) is 11.2. The summed E-state index contributed by atoms with van der Waals surface area (Å²) in [5.41, 5.74) is 4.37. The van der Waals surface area contributed by atoms with Crippen molar-refractivity contribution in [1.82, 2.24) is 4.90 Å². The summed E-state index contributed by atoms with van der Waals surface area (Å²) < 4.78 is 12.9. The van der Waals surface area contributed by atoms with Gasteiger partial charge in [-0.2, -0.15) is 0 Å². The predicted octanol–water partition coefficient (Wildman–Crippen LogP) is 6.78. The van der Waals surface area contributed by atoms with Gasteiger partial charge in [0.2, 0.25) is 0 Å². The fraction of sp³-hybridized carbons (Fsp3) is 0.179. The molecule has 4 rings (SSSR count). The molecule has 0 spiro atoms. The maximum Gasteiger partial charge on any atom is 0.187 e. The van der Waals surface area contributed by atoms with Gasteiger partial charge in [-0.3, -0.25) is 9.69 Å². The number of ether oxygens (including phenoxy) is 2. The molecule has 1 aliphatic rings. The Balaban J connectivity index is 1.76. The molecule has 34 heavy (non-hydrogen) atoms. The van der Waals surface area contributed by atoms with Crippen molar-refractivity contribution in [3.8, 4) is 11.5 Å². The Morgan fingerprint density at radius 3 is 1.76 bits per heavy atom. The van der Waals surface area contributed by atoms with Gasteiger partial charge in [-0.05, 0) is 54.1 Å². The summed E-state index contributed by atoms with van der Waals surface area (Å²) in [5.74, 6) is 1.49. The minimum atomic E-state index is 0.0355. The van der Waals surface area contributed by atoms with Crippen molar-refractivity contribution in [3.05, 3.63) is 104 Å². The molecule has 1 fully saturated rings. The molecule has 0 amide bonds. The van der Waals surface area contributed by atoms with Crippen molar-refractivity contribution in [2.75, 3.05) is 27.3 Å². The van der Waals surface area contributed by atoms with Crippen LogP contribution in [0, 0.1) is 0 Å². The van der Waals surface area contributed by atoms with Crippen LogP contribution < -0.4 is 9.47 Å². The zero-order valence-electron chi connectivity index (χ0n) is 19.1. The lowest BCUT2D eigenvalue weighted by molar-refractivity contribution is -0.113. The van der Waals surface area contributed by atoms with Crippen LogP contribution in [0.4, 0.5) is 0 Å². The summed E-state index contributed by atoms with van der Waals surface area (Å²) in [5, 5.41) is 0. The summed E-state index contributed by atoms with van der Waals surface area (Å²) in [7, 11) is 3.28. The first-order chi connectivity index (χ1) is 16.5. The zero-order valence-corrected chi connectivity index (χ0v) is 22.2. The summed E-state index contributed by atoms with van der Waals surface area (Å²) in [4.78, 5) is 15.9. The molecule has 174 valence electrons. The van der Waals surface area contributed by atoms with E-state index in [9.17, 15) is 4.79 Å². The molecule has 0 radical (unpaired) electrons. The number of carbonyl (C=O) groups excluding carboxylic acids is 1. The minimum Gasteiger partial charge on any atom is -0.496 e. The van der Waals surface area contributed by atoms with Gasteiger partial charge in [0, 0.05) is 50.9 Å². The highest BCUT2D eigenvalue weighted by atomic mass is 79.9. The van der Waals surface area contributed by atoms with Gasteiger partial charge < -0.3 is 9.47 Å². The Kier molecular flexibility index (Phi) is 8.03. The largest absolute Gasteiger partial charge is 0.496 e. The lowest BCUT2D eigenvalue weighted by Crippen LogP contribution is -2.37.